The second-order valence-corrected chi connectivity index (χ2v) is 7.18. The third-order valence-electron chi connectivity index (χ3n) is 5.79. The van der Waals surface area contributed by atoms with Gasteiger partial charge in [0.1, 0.15) is 5.60 Å². The number of esters is 1. The van der Waals surface area contributed by atoms with Gasteiger partial charge in [0.25, 0.3) is 0 Å². The SMILES string of the molecule is C=C(C)C(=O)OC1(CCC)C2CC3CC(C2)CC1C3. The molecule has 4 saturated carbocycles. The summed E-state index contributed by atoms with van der Waals surface area (Å²) in [5.74, 6) is 2.90. The summed E-state index contributed by atoms with van der Waals surface area (Å²) in [4.78, 5) is 12.1. The molecule has 0 aliphatic heterocycles. The zero-order chi connectivity index (χ0) is 13.6. The molecule has 0 amide bonds. The fourth-order valence-corrected chi connectivity index (χ4v) is 5.26. The van der Waals surface area contributed by atoms with Crippen molar-refractivity contribution in [2.45, 2.75) is 64.4 Å². The van der Waals surface area contributed by atoms with Crippen molar-refractivity contribution in [1.29, 1.82) is 0 Å². The first kappa shape index (κ1) is 13.2. The highest BCUT2D eigenvalue weighted by Gasteiger charge is 2.58. The summed E-state index contributed by atoms with van der Waals surface area (Å²) in [6, 6.07) is 0. The Balaban J connectivity index is 1.87. The Morgan fingerprint density at radius 3 is 2.11 bits per heavy atom. The minimum Gasteiger partial charge on any atom is -0.455 e. The number of carbonyl (C=O) groups is 1. The van der Waals surface area contributed by atoms with E-state index in [9.17, 15) is 4.79 Å². The number of hydrogen-bond donors (Lipinski definition) is 0. The summed E-state index contributed by atoms with van der Waals surface area (Å²) in [5.41, 5.74) is 0.391. The van der Waals surface area contributed by atoms with Gasteiger partial charge >= 0.3 is 5.97 Å². The third-order valence-corrected chi connectivity index (χ3v) is 5.79. The lowest BCUT2D eigenvalue weighted by Crippen LogP contribution is -2.59. The Labute approximate surface area is 116 Å². The van der Waals surface area contributed by atoms with Crippen molar-refractivity contribution >= 4 is 5.97 Å². The van der Waals surface area contributed by atoms with Crippen molar-refractivity contribution in [2.24, 2.45) is 23.7 Å². The van der Waals surface area contributed by atoms with Gasteiger partial charge in [-0.2, -0.15) is 0 Å². The molecule has 4 aliphatic rings. The monoisotopic (exact) mass is 262 g/mol. The van der Waals surface area contributed by atoms with Crippen molar-refractivity contribution in [3.05, 3.63) is 12.2 Å². The number of hydrogen-bond acceptors (Lipinski definition) is 2. The second-order valence-electron chi connectivity index (χ2n) is 7.18. The maximum Gasteiger partial charge on any atom is 0.333 e. The Morgan fingerprint density at radius 2 is 1.68 bits per heavy atom. The Morgan fingerprint density at radius 1 is 1.16 bits per heavy atom. The number of ether oxygens (including phenoxy) is 1. The van der Waals surface area contributed by atoms with E-state index in [1.54, 1.807) is 6.92 Å². The van der Waals surface area contributed by atoms with Crippen molar-refractivity contribution in [3.63, 3.8) is 0 Å². The predicted octanol–water partition coefficient (Wildman–Crippen LogP) is 4.10. The van der Waals surface area contributed by atoms with Crippen LogP contribution in [0.3, 0.4) is 0 Å². The molecule has 0 aromatic carbocycles. The van der Waals surface area contributed by atoms with Gasteiger partial charge in [-0.1, -0.05) is 19.9 Å². The lowest BCUT2D eigenvalue weighted by Gasteiger charge is -2.60. The molecule has 19 heavy (non-hydrogen) atoms. The fourth-order valence-electron chi connectivity index (χ4n) is 5.26. The first-order chi connectivity index (χ1) is 9.05. The summed E-state index contributed by atoms with van der Waals surface area (Å²) in [6.45, 7) is 7.73. The minimum atomic E-state index is -0.166. The number of carbonyl (C=O) groups excluding carboxylic acids is 1. The molecular formula is C17H26O2. The van der Waals surface area contributed by atoms with Crippen LogP contribution in [0.4, 0.5) is 0 Å². The van der Waals surface area contributed by atoms with Crippen LogP contribution >= 0.6 is 0 Å². The minimum absolute atomic E-state index is 0.155. The molecule has 4 bridgehead atoms. The highest BCUT2D eigenvalue weighted by Crippen LogP contribution is 2.61. The maximum atomic E-state index is 12.1. The highest BCUT2D eigenvalue weighted by atomic mass is 16.6. The van der Waals surface area contributed by atoms with Crippen LogP contribution in [0.1, 0.15) is 58.8 Å². The van der Waals surface area contributed by atoms with E-state index >= 15 is 0 Å². The van der Waals surface area contributed by atoms with Gasteiger partial charge in [-0.25, -0.2) is 4.79 Å². The van der Waals surface area contributed by atoms with Crippen LogP contribution in [0.15, 0.2) is 12.2 Å². The van der Waals surface area contributed by atoms with E-state index in [1.807, 2.05) is 0 Å². The summed E-state index contributed by atoms with van der Waals surface area (Å²) < 4.78 is 6.08. The summed E-state index contributed by atoms with van der Waals surface area (Å²) >= 11 is 0. The molecule has 4 fully saturated rings. The third kappa shape index (κ3) is 2.04. The molecule has 0 atom stereocenters. The molecule has 0 spiro atoms. The van der Waals surface area contributed by atoms with E-state index in [0.717, 1.165) is 24.7 Å². The smallest absolute Gasteiger partial charge is 0.333 e. The molecule has 4 rings (SSSR count). The standard InChI is InChI=1S/C17H26O2/c1-4-5-17(19-16(18)11(2)3)14-7-12-6-13(9-14)10-15(17)8-12/h12-15H,2,4-10H2,1,3H3. The van der Waals surface area contributed by atoms with Gasteiger partial charge in [0.2, 0.25) is 0 Å². The molecule has 0 N–H and O–H groups in total. The molecule has 0 radical (unpaired) electrons. The summed E-state index contributed by atoms with van der Waals surface area (Å²) in [7, 11) is 0. The maximum absolute atomic E-state index is 12.1. The van der Waals surface area contributed by atoms with Crippen LogP contribution in [0.5, 0.6) is 0 Å². The molecule has 0 saturated heterocycles. The predicted molar refractivity (Wildman–Crippen MR) is 75.6 cm³/mol. The van der Waals surface area contributed by atoms with E-state index < -0.39 is 0 Å². The molecule has 2 heteroatoms. The average Bonchev–Trinajstić information content (AvgIpc) is 2.34. The molecule has 106 valence electrons. The largest absolute Gasteiger partial charge is 0.455 e. The van der Waals surface area contributed by atoms with Gasteiger partial charge < -0.3 is 4.74 Å². The van der Waals surface area contributed by atoms with Gasteiger partial charge in [-0.3, -0.25) is 0 Å². The van der Waals surface area contributed by atoms with Crippen LogP contribution < -0.4 is 0 Å². The average molecular weight is 262 g/mol. The normalized spacial score (nSPS) is 43.3. The Hall–Kier alpha value is -0.790. The van der Waals surface area contributed by atoms with Crippen molar-refractivity contribution < 1.29 is 9.53 Å². The van der Waals surface area contributed by atoms with Crippen LogP contribution in [0, 0.1) is 23.7 Å². The zero-order valence-electron chi connectivity index (χ0n) is 12.3. The molecule has 0 heterocycles. The van der Waals surface area contributed by atoms with Crippen LogP contribution in [-0.4, -0.2) is 11.6 Å². The van der Waals surface area contributed by atoms with E-state index in [2.05, 4.69) is 13.5 Å². The van der Waals surface area contributed by atoms with Crippen molar-refractivity contribution in [3.8, 4) is 0 Å². The van der Waals surface area contributed by atoms with E-state index in [4.69, 9.17) is 4.74 Å². The molecule has 0 unspecified atom stereocenters. The topological polar surface area (TPSA) is 26.3 Å². The molecular weight excluding hydrogens is 236 g/mol. The van der Waals surface area contributed by atoms with Gasteiger partial charge in [0, 0.05) is 5.57 Å². The van der Waals surface area contributed by atoms with Gasteiger partial charge in [-0.15, -0.1) is 0 Å². The van der Waals surface area contributed by atoms with E-state index in [1.165, 1.54) is 32.1 Å². The van der Waals surface area contributed by atoms with E-state index in [0.29, 0.717) is 17.4 Å². The zero-order valence-corrected chi connectivity index (χ0v) is 12.3. The first-order valence-electron chi connectivity index (χ1n) is 7.94. The van der Waals surface area contributed by atoms with E-state index in [-0.39, 0.29) is 11.6 Å². The second kappa shape index (κ2) is 4.64. The molecule has 0 aromatic heterocycles. The molecule has 2 nitrogen and oxygen atoms in total. The van der Waals surface area contributed by atoms with Crippen LogP contribution in [0.2, 0.25) is 0 Å². The van der Waals surface area contributed by atoms with Crippen molar-refractivity contribution in [2.75, 3.05) is 0 Å². The Bertz CT molecular complexity index is 368. The highest BCUT2D eigenvalue weighted by molar-refractivity contribution is 5.87. The van der Waals surface area contributed by atoms with Gasteiger partial charge in [0.15, 0.2) is 0 Å². The molecule has 0 aromatic rings. The fraction of sp³-hybridized carbons (Fsp3) is 0.824. The quantitative estimate of drug-likeness (QED) is 0.563. The van der Waals surface area contributed by atoms with Gasteiger partial charge in [-0.05, 0) is 69.1 Å². The van der Waals surface area contributed by atoms with Crippen LogP contribution in [0.25, 0.3) is 0 Å². The van der Waals surface area contributed by atoms with Gasteiger partial charge in [0.05, 0.1) is 0 Å². The molecule has 4 aliphatic carbocycles. The summed E-state index contributed by atoms with van der Waals surface area (Å²) in [6.07, 6.45) is 8.73. The number of rotatable bonds is 4. The summed E-state index contributed by atoms with van der Waals surface area (Å²) in [5, 5.41) is 0. The van der Waals surface area contributed by atoms with Crippen LogP contribution in [-0.2, 0) is 9.53 Å². The first-order valence-corrected chi connectivity index (χ1v) is 7.94. The lowest BCUT2D eigenvalue weighted by atomic mass is 9.49. The lowest BCUT2D eigenvalue weighted by molar-refractivity contribution is -0.208. The Kier molecular flexibility index (Phi) is 3.23. The van der Waals surface area contributed by atoms with Crippen molar-refractivity contribution in [1.82, 2.24) is 0 Å².